The normalized spacial score (nSPS) is 19.1. The summed E-state index contributed by atoms with van der Waals surface area (Å²) >= 11 is 4.21. The topological polar surface area (TPSA) is 59.5 Å². The minimum atomic E-state index is -0.457. The molecule has 1 aliphatic rings. The van der Waals surface area contributed by atoms with E-state index in [0.29, 0.717) is 30.0 Å². The Morgan fingerprint density at radius 3 is 3.00 bits per heavy atom. The molecule has 0 aromatic carbocycles. The molecule has 6 heteroatoms. The van der Waals surface area contributed by atoms with Crippen LogP contribution < -0.4 is 4.90 Å². The molecule has 2 rings (SSSR count). The molecule has 2 heterocycles. The number of ether oxygens (including phenoxy) is 1. The van der Waals surface area contributed by atoms with Crippen molar-refractivity contribution in [3.8, 4) is 0 Å². The quantitative estimate of drug-likeness (QED) is 0.658. The fraction of sp³-hybridized carbons (Fsp3) is 0.417. The lowest BCUT2D eigenvalue weighted by Crippen LogP contribution is -2.25. The molecule has 1 fully saturated rings. The Hall–Kier alpha value is -1.56. The smallest absolute Gasteiger partial charge is 0.339 e. The summed E-state index contributed by atoms with van der Waals surface area (Å²) in [7, 11) is 1.31. The van der Waals surface area contributed by atoms with Crippen LogP contribution in [0.5, 0.6) is 0 Å². The van der Waals surface area contributed by atoms with Crippen LogP contribution in [0.1, 0.15) is 16.8 Å². The van der Waals surface area contributed by atoms with Crippen molar-refractivity contribution in [2.45, 2.75) is 6.42 Å². The van der Waals surface area contributed by atoms with Gasteiger partial charge in [0.1, 0.15) is 0 Å². The third-order valence-corrected chi connectivity index (χ3v) is 3.44. The highest BCUT2D eigenvalue weighted by molar-refractivity contribution is 7.80. The van der Waals surface area contributed by atoms with Gasteiger partial charge in [0.2, 0.25) is 5.91 Å². The van der Waals surface area contributed by atoms with E-state index in [1.807, 2.05) is 0 Å². The van der Waals surface area contributed by atoms with E-state index in [2.05, 4.69) is 22.3 Å². The van der Waals surface area contributed by atoms with Crippen molar-refractivity contribution in [3.63, 3.8) is 0 Å². The van der Waals surface area contributed by atoms with Gasteiger partial charge in [0, 0.05) is 19.2 Å². The maximum atomic E-state index is 11.8. The van der Waals surface area contributed by atoms with Gasteiger partial charge in [-0.25, -0.2) is 4.79 Å². The number of carbonyl (C=O) groups excluding carboxylic acids is 2. The third-order valence-electron chi connectivity index (χ3n) is 2.92. The molecule has 0 aliphatic carbocycles. The lowest BCUT2D eigenvalue weighted by atomic mass is 10.1. The molecule has 5 nitrogen and oxygen atoms in total. The van der Waals surface area contributed by atoms with E-state index in [1.165, 1.54) is 13.3 Å². The Labute approximate surface area is 111 Å². The van der Waals surface area contributed by atoms with Crippen molar-refractivity contribution in [2.24, 2.45) is 5.92 Å². The highest BCUT2D eigenvalue weighted by atomic mass is 32.1. The van der Waals surface area contributed by atoms with Crippen LogP contribution in [0, 0.1) is 5.92 Å². The van der Waals surface area contributed by atoms with E-state index in [4.69, 9.17) is 0 Å². The maximum Gasteiger partial charge on any atom is 0.339 e. The number of thiol groups is 1. The minimum absolute atomic E-state index is 0.0397. The molecule has 1 saturated heterocycles. The average Bonchev–Trinajstić information content (AvgIpc) is 2.79. The van der Waals surface area contributed by atoms with Crippen LogP contribution in [0.2, 0.25) is 0 Å². The second kappa shape index (κ2) is 5.39. The zero-order chi connectivity index (χ0) is 13.1. The minimum Gasteiger partial charge on any atom is -0.465 e. The van der Waals surface area contributed by atoms with Crippen molar-refractivity contribution < 1.29 is 14.3 Å². The lowest BCUT2D eigenvalue weighted by molar-refractivity contribution is -0.117. The lowest BCUT2D eigenvalue weighted by Gasteiger charge is -2.16. The molecule has 1 atom stereocenters. The number of anilines is 1. The molecule has 1 amide bonds. The first-order chi connectivity index (χ1) is 8.65. The summed E-state index contributed by atoms with van der Waals surface area (Å²) in [6.07, 6.45) is 3.49. The van der Waals surface area contributed by atoms with Crippen LogP contribution in [-0.4, -0.2) is 36.3 Å². The molecule has 18 heavy (non-hydrogen) atoms. The van der Waals surface area contributed by atoms with Gasteiger partial charge in [-0.05, 0) is 17.7 Å². The molecule has 0 spiro atoms. The summed E-state index contributed by atoms with van der Waals surface area (Å²) in [5.74, 6) is 0.508. The third kappa shape index (κ3) is 2.48. The molecule has 1 aromatic rings. The van der Waals surface area contributed by atoms with Crippen molar-refractivity contribution in [3.05, 3.63) is 24.0 Å². The first-order valence-corrected chi connectivity index (χ1v) is 6.23. The van der Waals surface area contributed by atoms with Gasteiger partial charge in [-0.3, -0.25) is 9.78 Å². The number of methoxy groups -OCH3 is 1. The van der Waals surface area contributed by atoms with E-state index in [-0.39, 0.29) is 11.8 Å². The van der Waals surface area contributed by atoms with Crippen LogP contribution in [0.4, 0.5) is 5.69 Å². The van der Waals surface area contributed by atoms with E-state index < -0.39 is 5.97 Å². The van der Waals surface area contributed by atoms with E-state index in [9.17, 15) is 9.59 Å². The Morgan fingerprint density at radius 1 is 1.61 bits per heavy atom. The van der Waals surface area contributed by atoms with E-state index >= 15 is 0 Å². The van der Waals surface area contributed by atoms with Crippen molar-refractivity contribution >= 4 is 30.2 Å². The van der Waals surface area contributed by atoms with Crippen molar-refractivity contribution in [1.82, 2.24) is 4.98 Å². The second-order valence-corrected chi connectivity index (χ2v) is 4.55. The summed E-state index contributed by atoms with van der Waals surface area (Å²) < 4.78 is 4.63. The monoisotopic (exact) mass is 266 g/mol. The number of carbonyl (C=O) groups is 2. The molecule has 0 N–H and O–H groups in total. The Kier molecular flexibility index (Phi) is 3.86. The summed E-state index contributed by atoms with van der Waals surface area (Å²) in [5.41, 5.74) is 0.976. The predicted octanol–water partition coefficient (Wildman–Crippen LogP) is 1.15. The summed E-state index contributed by atoms with van der Waals surface area (Å²) in [4.78, 5) is 28.9. The fourth-order valence-corrected chi connectivity index (χ4v) is 2.20. The fourth-order valence-electron chi connectivity index (χ4n) is 1.96. The summed E-state index contributed by atoms with van der Waals surface area (Å²) in [5, 5.41) is 0. The van der Waals surface area contributed by atoms with Crippen LogP contribution in [0.3, 0.4) is 0 Å². The molecular formula is C12H14N2O3S. The van der Waals surface area contributed by atoms with Gasteiger partial charge in [-0.2, -0.15) is 12.6 Å². The number of esters is 1. The van der Waals surface area contributed by atoms with Gasteiger partial charge in [-0.15, -0.1) is 0 Å². The molecular weight excluding hydrogens is 252 g/mol. The number of rotatable bonds is 3. The average molecular weight is 266 g/mol. The summed E-state index contributed by atoms with van der Waals surface area (Å²) in [6.45, 7) is 0.620. The van der Waals surface area contributed by atoms with Gasteiger partial charge < -0.3 is 9.64 Å². The number of pyridine rings is 1. The SMILES string of the molecule is COC(=O)c1cncc(N2CC(CS)CC2=O)c1. The van der Waals surface area contributed by atoms with Crippen molar-refractivity contribution in [1.29, 1.82) is 0 Å². The van der Waals surface area contributed by atoms with E-state index in [0.717, 1.165) is 0 Å². The van der Waals surface area contributed by atoms with Gasteiger partial charge in [0.15, 0.2) is 0 Å². The highest BCUT2D eigenvalue weighted by Gasteiger charge is 2.30. The summed E-state index contributed by atoms with van der Waals surface area (Å²) in [6, 6.07) is 1.62. The molecule has 1 unspecified atom stereocenters. The largest absolute Gasteiger partial charge is 0.465 e. The first kappa shape index (κ1) is 12.9. The second-order valence-electron chi connectivity index (χ2n) is 4.18. The van der Waals surface area contributed by atoms with Gasteiger partial charge in [-0.1, -0.05) is 0 Å². The molecule has 0 radical (unpaired) electrons. The van der Waals surface area contributed by atoms with Crippen LogP contribution in [0.15, 0.2) is 18.5 Å². The first-order valence-electron chi connectivity index (χ1n) is 5.60. The maximum absolute atomic E-state index is 11.8. The van der Waals surface area contributed by atoms with Crippen LogP contribution >= 0.6 is 12.6 Å². The number of aromatic nitrogens is 1. The Bertz CT molecular complexity index is 478. The predicted molar refractivity (Wildman–Crippen MR) is 69.9 cm³/mol. The molecule has 0 saturated carbocycles. The standard InChI is InChI=1S/C12H14N2O3S/c1-17-12(16)9-3-10(5-13-4-9)14-6-8(7-18)2-11(14)15/h3-5,8,18H,2,6-7H2,1H3. The van der Waals surface area contributed by atoms with Crippen LogP contribution in [0.25, 0.3) is 0 Å². The van der Waals surface area contributed by atoms with Crippen molar-refractivity contribution in [2.75, 3.05) is 24.3 Å². The molecule has 0 bridgehead atoms. The molecule has 1 aromatic heterocycles. The van der Waals surface area contributed by atoms with Gasteiger partial charge in [0.05, 0.1) is 24.6 Å². The Morgan fingerprint density at radius 2 is 2.39 bits per heavy atom. The number of hydrogen-bond donors (Lipinski definition) is 1. The number of nitrogens with zero attached hydrogens (tertiary/aromatic N) is 2. The highest BCUT2D eigenvalue weighted by Crippen LogP contribution is 2.25. The number of hydrogen-bond acceptors (Lipinski definition) is 5. The van der Waals surface area contributed by atoms with E-state index in [1.54, 1.807) is 17.2 Å². The van der Waals surface area contributed by atoms with Gasteiger partial charge in [0.25, 0.3) is 0 Å². The number of amides is 1. The zero-order valence-corrected chi connectivity index (χ0v) is 10.9. The van der Waals surface area contributed by atoms with Crippen LogP contribution in [-0.2, 0) is 9.53 Å². The molecule has 1 aliphatic heterocycles. The molecule has 96 valence electrons. The zero-order valence-electron chi connectivity index (χ0n) is 10.00. The Balaban J connectivity index is 2.24. The van der Waals surface area contributed by atoms with Gasteiger partial charge >= 0.3 is 5.97 Å².